The summed E-state index contributed by atoms with van der Waals surface area (Å²) in [4.78, 5) is 10.3. The Bertz CT molecular complexity index is 536. The minimum absolute atomic E-state index is 0.322. The van der Waals surface area contributed by atoms with Gasteiger partial charge in [-0.15, -0.1) is 0 Å². The molecule has 0 saturated heterocycles. The molecule has 0 aliphatic heterocycles. The molecule has 0 heterocycles. The Morgan fingerprint density at radius 2 is 2.06 bits per heavy atom. The van der Waals surface area contributed by atoms with Crippen molar-refractivity contribution in [3.8, 4) is 0 Å². The SMILES string of the molecule is CC(O)CS(=O)(=O)c1ccc(F)c(C(=O)O)c1. The number of hydrogen-bond donors (Lipinski definition) is 2. The first-order valence-electron chi connectivity index (χ1n) is 4.67. The number of aromatic carboxylic acids is 1. The molecule has 0 amide bonds. The molecule has 1 unspecified atom stereocenters. The van der Waals surface area contributed by atoms with Gasteiger partial charge in [0.15, 0.2) is 9.84 Å². The number of rotatable bonds is 4. The first kappa shape index (κ1) is 13.6. The van der Waals surface area contributed by atoms with E-state index in [1.165, 1.54) is 6.92 Å². The molecule has 0 saturated carbocycles. The maximum Gasteiger partial charge on any atom is 0.338 e. The quantitative estimate of drug-likeness (QED) is 0.778. The van der Waals surface area contributed by atoms with E-state index in [0.717, 1.165) is 18.2 Å². The average Bonchev–Trinajstić information content (AvgIpc) is 2.15. The van der Waals surface area contributed by atoms with Crippen LogP contribution in [0.15, 0.2) is 23.1 Å². The zero-order valence-corrected chi connectivity index (χ0v) is 9.74. The maximum atomic E-state index is 13.0. The number of halogens is 1. The summed E-state index contributed by atoms with van der Waals surface area (Å²) in [6.07, 6.45) is -1.08. The predicted molar refractivity (Wildman–Crippen MR) is 57.1 cm³/mol. The molecule has 1 aromatic carbocycles. The Morgan fingerprint density at radius 3 is 2.53 bits per heavy atom. The summed E-state index contributed by atoms with van der Waals surface area (Å²) in [5, 5.41) is 17.7. The van der Waals surface area contributed by atoms with E-state index in [-0.39, 0.29) is 4.90 Å². The van der Waals surface area contributed by atoms with Gasteiger partial charge in [-0.3, -0.25) is 0 Å². The van der Waals surface area contributed by atoms with Crippen molar-refractivity contribution in [3.63, 3.8) is 0 Å². The molecule has 0 aromatic heterocycles. The van der Waals surface area contributed by atoms with E-state index in [4.69, 9.17) is 10.2 Å². The fourth-order valence-corrected chi connectivity index (χ4v) is 2.68. The van der Waals surface area contributed by atoms with Crippen LogP contribution in [0.25, 0.3) is 0 Å². The van der Waals surface area contributed by atoms with Gasteiger partial charge in [-0.25, -0.2) is 17.6 Å². The van der Waals surface area contributed by atoms with Crippen molar-refractivity contribution < 1.29 is 27.8 Å². The lowest BCUT2D eigenvalue weighted by atomic mass is 10.2. The molecule has 0 bridgehead atoms. The van der Waals surface area contributed by atoms with Gasteiger partial charge in [-0.1, -0.05) is 0 Å². The topological polar surface area (TPSA) is 91.7 Å². The second-order valence-electron chi connectivity index (χ2n) is 3.58. The zero-order chi connectivity index (χ0) is 13.2. The van der Waals surface area contributed by atoms with Crippen LogP contribution in [0, 0.1) is 5.82 Å². The molecular formula is C10H11FO5S. The van der Waals surface area contributed by atoms with Gasteiger partial charge in [-0.2, -0.15) is 0 Å². The highest BCUT2D eigenvalue weighted by molar-refractivity contribution is 7.91. The summed E-state index contributed by atoms with van der Waals surface area (Å²) in [5.74, 6) is -3.09. The molecule has 5 nitrogen and oxygen atoms in total. The van der Waals surface area contributed by atoms with Gasteiger partial charge >= 0.3 is 5.97 Å². The summed E-state index contributed by atoms with van der Waals surface area (Å²) in [7, 11) is -3.81. The van der Waals surface area contributed by atoms with Crippen LogP contribution in [-0.4, -0.2) is 36.5 Å². The lowest BCUT2D eigenvalue weighted by Gasteiger charge is -2.07. The highest BCUT2D eigenvalue weighted by Crippen LogP contribution is 2.17. The normalized spacial score (nSPS) is 13.4. The molecule has 17 heavy (non-hydrogen) atoms. The minimum atomic E-state index is -3.81. The molecule has 94 valence electrons. The third-order valence-corrected chi connectivity index (χ3v) is 3.88. The van der Waals surface area contributed by atoms with Gasteiger partial charge in [0.2, 0.25) is 0 Å². The summed E-state index contributed by atoms with van der Waals surface area (Å²) < 4.78 is 36.4. The molecule has 0 aliphatic carbocycles. The highest BCUT2D eigenvalue weighted by Gasteiger charge is 2.20. The van der Waals surface area contributed by atoms with Gasteiger partial charge in [0.1, 0.15) is 5.82 Å². The van der Waals surface area contributed by atoms with Crippen molar-refractivity contribution in [3.05, 3.63) is 29.6 Å². The Kier molecular flexibility index (Phi) is 3.84. The van der Waals surface area contributed by atoms with Gasteiger partial charge in [-0.05, 0) is 25.1 Å². The van der Waals surface area contributed by atoms with Crippen LogP contribution >= 0.6 is 0 Å². The van der Waals surface area contributed by atoms with E-state index >= 15 is 0 Å². The molecule has 0 radical (unpaired) electrons. The third-order valence-electron chi connectivity index (χ3n) is 1.99. The van der Waals surface area contributed by atoms with Crippen LogP contribution in [0.3, 0.4) is 0 Å². The fourth-order valence-electron chi connectivity index (χ4n) is 1.28. The number of carboxylic acid groups (broad SMARTS) is 1. The van der Waals surface area contributed by atoms with Crippen molar-refractivity contribution in [2.45, 2.75) is 17.9 Å². The van der Waals surface area contributed by atoms with Crippen molar-refractivity contribution in [2.24, 2.45) is 0 Å². The average molecular weight is 262 g/mol. The molecular weight excluding hydrogens is 251 g/mol. The van der Waals surface area contributed by atoms with Crippen molar-refractivity contribution in [1.82, 2.24) is 0 Å². The van der Waals surface area contributed by atoms with Gasteiger partial charge in [0, 0.05) is 0 Å². The zero-order valence-electron chi connectivity index (χ0n) is 8.92. The van der Waals surface area contributed by atoms with Crippen LogP contribution in [-0.2, 0) is 9.84 Å². The van der Waals surface area contributed by atoms with Crippen LogP contribution in [0.1, 0.15) is 17.3 Å². The summed E-state index contributed by atoms with van der Waals surface area (Å²) in [6.45, 7) is 1.29. The summed E-state index contributed by atoms with van der Waals surface area (Å²) >= 11 is 0. The predicted octanol–water partition coefficient (Wildman–Crippen LogP) is 0.678. The van der Waals surface area contributed by atoms with Crippen molar-refractivity contribution in [1.29, 1.82) is 0 Å². The Balaban J connectivity index is 3.25. The second kappa shape index (κ2) is 4.80. The first-order chi connectivity index (χ1) is 7.74. The van der Waals surface area contributed by atoms with Crippen LogP contribution in [0.2, 0.25) is 0 Å². The standard InChI is InChI=1S/C10H11FO5S/c1-6(12)5-17(15,16)7-2-3-9(11)8(4-7)10(13)14/h2-4,6,12H,5H2,1H3,(H,13,14). The van der Waals surface area contributed by atoms with E-state index in [1.807, 2.05) is 0 Å². The van der Waals surface area contributed by atoms with Gasteiger partial charge in [0.05, 0.1) is 22.3 Å². The minimum Gasteiger partial charge on any atom is -0.478 e. The monoisotopic (exact) mass is 262 g/mol. The largest absolute Gasteiger partial charge is 0.478 e. The maximum absolute atomic E-state index is 13.0. The van der Waals surface area contributed by atoms with Gasteiger partial charge < -0.3 is 10.2 Å². The van der Waals surface area contributed by atoms with Crippen LogP contribution in [0.5, 0.6) is 0 Å². The number of carboxylic acids is 1. The van der Waals surface area contributed by atoms with Gasteiger partial charge in [0.25, 0.3) is 0 Å². The number of carbonyl (C=O) groups is 1. The molecule has 0 spiro atoms. The number of hydrogen-bond acceptors (Lipinski definition) is 4. The lowest BCUT2D eigenvalue weighted by molar-refractivity contribution is 0.0691. The summed E-state index contributed by atoms with van der Waals surface area (Å²) in [6, 6.07) is 2.49. The number of sulfone groups is 1. The third kappa shape index (κ3) is 3.24. The molecule has 2 N–H and O–H groups in total. The number of aliphatic hydroxyl groups excluding tert-OH is 1. The van der Waals surface area contributed by atoms with E-state index < -0.39 is 39.0 Å². The fraction of sp³-hybridized carbons (Fsp3) is 0.300. The number of benzene rings is 1. The van der Waals surface area contributed by atoms with Crippen molar-refractivity contribution >= 4 is 15.8 Å². The molecule has 1 aromatic rings. The first-order valence-corrected chi connectivity index (χ1v) is 6.33. The molecule has 1 atom stereocenters. The van der Waals surface area contributed by atoms with Crippen molar-refractivity contribution in [2.75, 3.05) is 5.75 Å². The Morgan fingerprint density at radius 1 is 1.47 bits per heavy atom. The highest BCUT2D eigenvalue weighted by atomic mass is 32.2. The second-order valence-corrected chi connectivity index (χ2v) is 5.61. The van der Waals surface area contributed by atoms with Crippen LogP contribution < -0.4 is 0 Å². The lowest BCUT2D eigenvalue weighted by Crippen LogP contribution is -2.18. The van der Waals surface area contributed by atoms with E-state index in [9.17, 15) is 17.6 Å². The summed E-state index contributed by atoms with van der Waals surface area (Å²) in [5.41, 5.74) is -0.711. The van der Waals surface area contributed by atoms with E-state index in [0.29, 0.717) is 0 Å². The van der Waals surface area contributed by atoms with E-state index in [1.54, 1.807) is 0 Å². The Hall–Kier alpha value is -1.47. The Labute approximate surface area is 97.4 Å². The molecule has 0 aliphatic rings. The molecule has 0 fully saturated rings. The number of aliphatic hydroxyl groups is 1. The molecule has 7 heteroatoms. The smallest absolute Gasteiger partial charge is 0.338 e. The van der Waals surface area contributed by atoms with Crippen LogP contribution in [0.4, 0.5) is 4.39 Å². The molecule has 1 rings (SSSR count). The van der Waals surface area contributed by atoms with E-state index in [2.05, 4.69) is 0 Å².